The smallest absolute Gasteiger partial charge is 0.334 e. The molecule has 0 atom stereocenters. The van der Waals surface area contributed by atoms with E-state index < -0.39 is 17.9 Å². The Morgan fingerprint density at radius 2 is 1.55 bits per heavy atom. The highest BCUT2D eigenvalue weighted by atomic mass is 16.4. The number of nitrogens with one attached hydrogen (secondary N) is 1. The number of dihydropyridines is 1. The lowest BCUT2D eigenvalue weighted by atomic mass is 9.79. The van der Waals surface area contributed by atoms with Crippen molar-refractivity contribution in [3.63, 3.8) is 0 Å². The molecule has 1 aliphatic rings. The van der Waals surface area contributed by atoms with Gasteiger partial charge in [-0.1, -0.05) is 12.1 Å². The van der Waals surface area contributed by atoms with Crippen LogP contribution in [-0.2, 0) is 9.59 Å². The van der Waals surface area contributed by atoms with Crippen LogP contribution in [0.2, 0.25) is 0 Å². The second-order valence-corrected chi connectivity index (χ2v) is 5.10. The topological polar surface area (TPSA) is 139 Å². The minimum atomic E-state index is -1.21. The van der Waals surface area contributed by atoms with Gasteiger partial charge in [-0.3, -0.25) is 0 Å². The summed E-state index contributed by atoms with van der Waals surface area (Å²) in [5, 5.41) is 21.8. The van der Waals surface area contributed by atoms with Crippen LogP contribution in [0.1, 0.15) is 25.3 Å². The van der Waals surface area contributed by atoms with Crippen molar-refractivity contribution in [1.29, 1.82) is 0 Å². The van der Waals surface area contributed by atoms with Gasteiger partial charge in [-0.15, -0.1) is 0 Å². The predicted molar refractivity (Wildman–Crippen MR) is 81.8 cm³/mol. The highest BCUT2D eigenvalue weighted by Gasteiger charge is 2.37. The molecule has 0 unspecified atom stereocenters. The molecular formula is C15H17N3O4. The van der Waals surface area contributed by atoms with E-state index in [-0.39, 0.29) is 22.5 Å². The van der Waals surface area contributed by atoms with Crippen LogP contribution < -0.4 is 16.8 Å². The number of hydrogen-bond donors (Lipinski definition) is 5. The number of carboxylic acids is 2. The number of aliphatic carboxylic acids is 2. The van der Waals surface area contributed by atoms with E-state index >= 15 is 0 Å². The third-order valence-corrected chi connectivity index (χ3v) is 3.71. The average Bonchev–Trinajstić information content (AvgIpc) is 2.39. The lowest BCUT2D eigenvalue weighted by Gasteiger charge is -2.29. The van der Waals surface area contributed by atoms with Crippen LogP contribution in [0.15, 0.2) is 40.7 Å². The van der Waals surface area contributed by atoms with E-state index in [1.165, 1.54) is 0 Å². The summed E-state index contributed by atoms with van der Waals surface area (Å²) in [5.41, 5.74) is 13.2. The third kappa shape index (κ3) is 2.37. The summed E-state index contributed by atoms with van der Waals surface area (Å²) in [7, 11) is 0. The van der Waals surface area contributed by atoms with Gasteiger partial charge in [-0.05, 0) is 25.5 Å². The zero-order valence-corrected chi connectivity index (χ0v) is 12.2. The minimum Gasteiger partial charge on any atom is -0.478 e. The average molecular weight is 303 g/mol. The predicted octanol–water partition coefficient (Wildman–Crippen LogP) is 1.26. The first-order chi connectivity index (χ1) is 10.3. The molecule has 0 aromatic heterocycles. The van der Waals surface area contributed by atoms with Crippen LogP contribution in [0.25, 0.3) is 0 Å². The molecule has 0 amide bonds. The quantitative estimate of drug-likeness (QED) is 0.529. The molecule has 0 fully saturated rings. The van der Waals surface area contributed by atoms with Crippen LogP contribution in [0.5, 0.6) is 0 Å². The first-order valence-electron chi connectivity index (χ1n) is 6.54. The van der Waals surface area contributed by atoms with Gasteiger partial charge in [0.05, 0.1) is 28.4 Å². The maximum absolute atomic E-state index is 11.6. The summed E-state index contributed by atoms with van der Waals surface area (Å²) in [6.07, 6.45) is 0. The molecule has 7 N–H and O–H groups in total. The normalized spacial score (nSPS) is 15.7. The standard InChI is InChI=1S/C15H17N3O4/c1-6-10(14(19)20)12(11(15(21)22)7(2)18-6)8-4-3-5-9(16)13(8)17/h3-5,12,18H,16-17H2,1-2H3,(H,19,20)(H,21,22). The van der Waals surface area contributed by atoms with Crippen molar-refractivity contribution in [2.45, 2.75) is 19.8 Å². The summed E-state index contributed by atoms with van der Waals surface area (Å²) in [5.74, 6) is -3.40. The molecule has 7 heteroatoms. The van der Waals surface area contributed by atoms with Crippen LogP contribution >= 0.6 is 0 Å². The summed E-state index contributed by atoms with van der Waals surface area (Å²) in [4.78, 5) is 23.3. The molecule has 2 rings (SSSR count). The van der Waals surface area contributed by atoms with Crippen LogP contribution in [0, 0.1) is 0 Å². The Kier molecular flexibility index (Phi) is 3.81. The summed E-state index contributed by atoms with van der Waals surface area (Å²) in [6.45, 7) is 3.17. The van der Waals surface area contributed by atoms with Gasteiger partial charge in [0.2, 0.25) is 0 Å². The van der Waals surface area contributed by atoms with E-state index in [2.05, 4.69) is 5.32 Å². The molecule has 22 heavy (non-hydrogen) atoms. The first kappa shape index (κ1) is 15.4. The van der Waals surface area contributed by atoms with Gasteiger partial charge in [0.25, 0.3) is 0 Å². The monoisotopic (exact) mass is 303 g/mol. The molecule has 116 valence electrons. The fourth-order valence-electron chi connectivity index (χ4n) is 2.73. The van der Waals surface area contributed by atoms with E-state index in [1.807, 2.05) is 0 Å². The second-order valence-electron chi connectivity index (χ2n) is 5.10. The Balaban J connectivity index is 2.78. The van der Waals surface area contributed by atoms with Gasteiger partial charge in [-0.2, -0.15) is 0 Å². The number of benzene rings is 1. The molecule has 1 heterocycles. The molecule has 7 nitrogen and oxygen atoms in total. The Hall–Kier alpha value is -2.96. The number of nitrogens with two attached hydrogens (primary N) is 2. The van der Waals surface area contributed by atoms with Crippen molar-refractivity contribution in [2.24, 2.45) is 0 Å². The van der Waals surface area contributed by atoms with Gasteiger partial charge in [0.1, 0.15) is 0 Å². The number of anilines is 2. The number of para-hydroxylation sites is 1. The van der Waals surface area contributed by atoms with Crippen LogP contribution in [0.3, 0.4) is 0 Å². The zero-order chi connectivity index (χ0) is 16.6. The lowest BCUT2D eigenvalue weighted by Crippen LogP contribution is -2.31. The Labute approximate surface area is 126 Å². The van der Waals surface area contributed by atoms with Crippen molar-refractivity contribution in [3.05, 3.63) is 46.3 Å². The third-order valence-electron chi connectivity index (χ3n) is 3.71. The number of carbonyl (C=O) groups is 2. The number of allylic oxidation sites excluding steroid dienone is 2. The molecule has 0 saturated heterocycles. The molecule has 1 aliphatic heterocycles. The SMILES string of the molecule is CC1=C(C(=O)O)C(c2cccc(N)c2N)C(C(=O)O)=C(C)N1. The fourth-order valence-corrected chi connectivity index (χ4v) is 2.73. The van der Waals surface area contributed by atoms with Gasteiger partial charge < -0.3 is 27.0 Å². The molecule has 0 spiro atoms. The molecule has 0 radical (unpaired) electrons. The summed E-state index contributed by atoms with van der Waals surface area (Å²) >= 11 is 0. The largest absolute Gasteiger partial charge is 0.478 e. The molecular weight excluding hydrogens is 286 g/mol. The Bertz CT molecular complexity index is 698. The van der Waals surface area contributed by atoms with Crippen molar-refractivity contribution in [1.82, 2.24) is 5.32 Å². The van der Waals surface area contributed by atoms with Crippen LogP contribution in [0.4, 0.5) is 11.4 Å². The summed E-state index contributed by atoms with van der Waals surface area (Å²) < 4.78 is 0. The molecule has 0 saturated carbocycles. The van der Waals surface area contributed by atoms with E-state index in [0.717, 1.165) is 0 Å². The van der Waals surface area contributed by atoms with Gasteiger partial charge >= 0.3 is 11.9 Å². The number of rotatable bonds is 3. The molecule has 1 aromatic carbocycles. The van der Waals surface area contributed by atoms with Crippen molar-refractivity contribution in [3.8, 4) is 0 Å². The molecule has 0 aliphatic carbocycles. The van der Waals surface area contributed by atoms with E-state index in [0.29, 0.717) is 17.0 Å². The van der Waals surface area contributed by atoms with Crippen molar-refractivity contribution < 1.29 is 19.8 Å². The van der Waals surface area contributed by atoms with E-state index in [4.69, 9.17) is 11.5 Å². The zero-order valence-electron chi connectivity index (χ0n) is 12.2. The maximum atomic E-state index is 11.6. The number of carboxylic acid groups (broad SMARTS) is 2. The van der Waals surface area contributed by atoms with E-state index in [1.54, 1.807) is 32.0 Å². The molecule has 1 aromatic rings. The second kappa shape index (κ2) is 5.44. The Morgan fingerprint density at radius 3 is 2.00 bits per heavy atom. The van der Waals surface area contributed by atoms with Crippen molar-refractivity contribution >= 4 is 23.3 Å². The van der Waals surface area contributed by atoms with Gasteiger partial charge in [0.15, 0.2) is 0 Å². The fraction of sp³-hybridized carbons (Fsp3) is 0.200. The number of hydrogen-bond acceptors (Lipinski definition) is 5. The minimum absolute atomic E-state index is 0.0553. The number of nitrogen functional groups attached to an aromatic ring is 2. The van der Waals surface area contributed by atoms with Crippen LogP contribution in [-0.4, -0.2) is 22.2 Å². The summed E-state index contributed by atoms with van der Waals surface area (Å²) in [6, 6.07) is 4.79. The van der Waals surface area contributed by atoms with Gasteiger partial charge in [-0.25, -0.2) is 9.59 Å². The highest BCUT2D eigenvalue weighted by molar-refractivity contribution is 5.99. The molecule has 0 bridgehead atoms. The van der Waals surface area contributed by atoms with Crippen molar-refractivity contribution in [2.75, 3.05) is 11.5 Å². The highest BCUT2D eigenvalue weighted by Crippen LogP contribution is 2.41. The maximum Gasteiger partial charge on any atom is 0.334 e. The Morgan fingerprint density at radius 1 is 1.05 bits per heavy atom. The van der Waals surface area contributed by atoms with E-state index in [9.17, 15) is 19.8 Å². The lowest BCUT2D eigenvalue weighted by molar-refractivity contribution is -0.133. The van der Waals surface area contributed by atoms with Gasteiger partial charge in [0, 0.05) is 11.4 Å². The first-order valence-corrected chi connectivity index (χ1v) is 6.54.